The molecule has 2 atom stereocenters. The fraction of sp³-hybridized carbons (Fsp3) is 0.538. The van der Waals surface area contributed by atoms with E-state index in [4.69, 9.17) is 14.3 Å². The van der Waals surface area contributed by atoms with E-state index in [1.165, 1.54) is 12.1 Å². The molecule has 1 fully saturated rings. The van der Waals surface area contributed by atoms with Gasteiger partial charge in [-0.2, -0.15) is 0 Å². The highest BCUT2D eigenvalue weighted by molar-refractivity contribution is 5.84. The first kappa shape index (κ1) is 14.4. The van der Waals surface area contributed by atoms with E-state index in [2.05, 4.69) is 10.6 Å². The van der Waals surface area contributed by atoms with E-state index >= 15 is 0 Å². The third-order valence-electron chi connectivity index (χ3n) is 3.35. The van der Waals surface area contributed by atoms with Crippen molar-refractivity contribution in [2.24, 2.45) is 0 Å². The fourth-order valence-corrected chi connectivity index (χ4v) is 2.28. The summed E-state index contributed by atoms with van der Waals surface area (Å²) >= 11 is 0. The van der Waals surface area contributed by atoms with E-state index in [1.54, 1.807) is 7.11 Å². The highest BCUT2D eigenvalue weighted by atomic mass is 16.5. The Morgan fingerprint density at radius 2 is 2.25 bits per heavy atom. The minimum Gasteiger partial charge on any atom is -0.475 e. The van der Waals surface area contributed by atoms with Gasteiger partial charge in [-0.1, -0.05) is 0 Å². The third kappa shape index (κ3) is 3.74. The van der Waals surface area contributed by atoms with Gasteiger partial charge in [0, 0.05) is 13.2 Å². The van der Waals surface area contributed by atoms with Crippen LogP contribution in [0, 0.1) is 0 Å². The van der Waals surface area contributed by atoms with Gasteiger partial charge >= 0.3 is 12.0 Å². The van der Waals surface area contributed by atoms with Crippen LogP contribution in [0.15, 0.2) is 16.5 Å². The van der Waals surface area contributed by atoms with Crippen LogP contribution in [0.3, 0.4) is 0 Å². The number of carboxylic acid groups (broad SMARTS) is 1. The van der Waals surface area contributed by atoms with E-state index in [9.17, 15) is 9.59 Å². The Kier molecular flexibility index (Phi) is 4.62. The number of hydrogen-bond donors (Lipinski definition) is 3. The standard InChI is InChI=1S/C13H18N2O5/c1-19-9-3-2-8(6-9)15-13(18)14-7-10-4-5-11(20-10)12(16)17/h4-5,8-9H,2-3,6-7H2,1H3,(H,16,17)(H2,14,15,18). The molecule has 0 aromatic carbocycles. The number of carbonyl (C=O) groups is 2. The normalized spacial score (nSPS) is 21.6. The fourth-order valence-electron chi connectivity index (χ4n) is 2.28. The van der Waals surface area contributed by atoms with Crippen molar-refractivity contribution in [1.29, 1.82) is 0 Å². The van der Waals surface area contributed by atoms with E-state index < -0.39 is 5.97 Å². The minimum atomic E-state index is -1.13. The molecule has 7 nitrogen and oxygen atoms in total. The molecule has 2 amide bonds. The number of hydrogen-bond acceptors (Lipinski definition) is 4. The Balaban J connectivity index is 1.73. The van der Waals surface area contributed by atoms with Crippen molar-refractivity contribution < 1.29 is 23.8 Å². The molecule has 2 rings (SSSR count). The first-order valence-electron chi connectivity index (χ1n) is 6.47. The lowest BCUT2D eigenvalue weighted by Crippen LogP contribution is -2.40. The van der Waals surface area contributed by atoms with Crippen molar-refractivity contribution in [3.05, 3.63) is 23.7 Å². The molecule has 3 N–H and O–H groups in total. The van der Waals surface area contributed by atoms with Crippen LogP contribution in [0.4, 0.5) is 4.79 Å². The van der Waals surface area contributed by atoms with E-state index in [0.29, 0.717) is 5.76 Å². The van der Waals surface area contributed by atoms with Crippen LogP contribution in [0.2, 0.25) is 0 Å². The minimum absolute atomic E-state index is 0.117. The number of furan rings is 1. The average Bonchev–Trinajstić information content (AvgIpc) is 3.05. The number of carboxylic acids is 1. The lowest BCUT2D eigenvalue weighted by atomic mass is 10.2. The van der Waals surface area contributed by atoms with Crippen molar-refractivity contribution >= 4 is 12.0 Å². The van der Waals surface area contributed by atoms with Gasteiger partial charge in [0.25, 0.3) is 0 Å². The summed E-state index contributed by atoms with van der Waals surface area (Å²) in [4.78, 5) is 22.3. The summed E-state index contributed by atoms with van der Waals surface area (Å²) in [6.07, 6.45) is 2.87. The van der Waals surface area contributed by atoms with Crippen molar-refractivity contribution in [1.82, 2.24) is 10.6 Å². The van der Waals surface area contributed by atoms with Gasteiger partial charge in [-0.05, 0) is 31.4 Å². The van der Waals surface area contributed by atoms with Gasteiger partial charge in [-0.25, -0.2) is 9.59 Å². The van der Waals surface area contributed by atoms with Crippen LogP contribution in [0.1, 0.15) is 35.6 Å². The summed E-state index contributed by atoms with van der Waals surface area (Å²) in [6, 6.07) is 2.71. The first-order valence-corrected chi connectivity index (χ1v) is 6.47. The molecule has 1 aliphatic rings. The molecule has 1 saturated carbocycles. The number of rotatable bonds is 5. The monoisotopic (exact) mass is 282 g/mol. The van der Waals surface area contributed by atoms with Crippen LogP contribution >= 0.6 is 0 Å². The molecular formula is C13H18N2O5. The van der Waals surface area contributed by atoms with E-state index in [1.807, 2.05) is 0 Å². The second kappa shape index (κ2) is 6.42. The number of methoxy groups -OCH3 is 1. The molecule has 0 spiro atoms. The molecule has 1 aromatic heterocycles. The molecule has 0 bridgehead atoms. The maximum atomic E-state index is 11.7. The predicted molar refractivity (Wildman–Crippen MR) is 69.5 cm³/mol. The summed E-state index contributed by atoms with van der Waals surface area (Å²) in [5.74, 6) is -0.864. The van der Waals surface area contributed by atoms with Gasteiger partial charge < -0.3 is 24.9 Å². The van der Waals surface area contributed by atoms with Crippen molar-refractivity contribution in [3.63, 3.8) is 0 Å². The predicted octanol–water partition coefficient (Wildman–Crippen LogP) is 1.34. The van der Waals surface area contributed by atoms with Gasteiger partial charge in [0.05, 0.1) is 12.6 Å². The summed E-state index contributed by atoms with van der Waals surface area (Å²) in [6.45, 7) is 0.152. The average molecular weight is 282 g/mol. The number of carbonyl (C=O) groups excluding carboxylic acids is 1. The van der Waals surface area contributed by atoms with Crippen LogP contribution in [-0.4, -0.2) is 36.4 Å². The Bertz CT molecular complexity index is 485. The Labute approximate surface area is 116 Å². The van der Waals surface area contributed by atoms with Gasteiger partial charge in [-0.15, -0.1) is 0 Å². The molecule has 1 aliphatic carbocycles. The van der Waals surface area contributed by atoms with E-state index in [0.717, 1.165) is 19.3 Å². The Morgan fingerprint density at radius 1 is 1.45 bits per heavy atom. The lowest BCUT2D eigenvalue weighted by Gasteiger charge is -2.13. The highest BCUT2D eigenvalue weighted by Gasteiger charge is 2.25. The molecular weight excluding hydrogens is 264 g/mol. The zero-order chi connectivity index (χ0) is 14.5. The smallest absolute Gasteiger partial charge is 0.371 e. The quantitative estimate of drug-likeness (QED) is 0.756. The summed E-state index contributed by atoms with van der Waals surface area (Å²) < 4.78 is 10.3. The maximum absolute atomic E-state index is 11.7. The zero-order valence-corrected chi connectivity index (χ0v) is 11.2. The van der Waals surface area contributed by atoms with Crippen molar-refractivity contribution in [2.75, 3.05) is 7.11 Å². The van der Waals surface area contributed by atoms with Gasteiger partial charge in [0.15, 0.2) is 0 Å². The van der Waals surface area contributed by atoms with Crippen molar-refractivity contribution in [2.45, 2.75) is 38.0 Å². The van der Waals surface area contributed by atoms with Gasteiger partial charge in [-0.3, -0.25) is 0 Å². The maximum Gasteiger partial charge on any atom is 0.371 e. The lowest BCUT2D eigenvalue weighted by molar-refractivity contribution is 0.0660. The highest BCUT2D eigenvalue weighted by Crippen LogP contribution is 2.21. The molecule has 2 unspecified atom stereocenters. The molecule has 0 aliphatic heterocycles. The SMILES string of the molecule is COC1CCC(NC(=O)NCc2ccc(C(=O)O)o2)C1. The number of urea groups is 1. The number of aromatic carboxylic acids is 1. The van der Waals surface area contributed by atoms with Crippen molar-refractivity contribution in [3.8, 4) is 0 Å². The van der Waals surface area contributed by atoms with E-state index in [-0.39, 0.29) is 30.5 Å². The first-order chi connectivity index (χ1) is 9.58. The molecule has 0 saturated heterocycles. The number of nitrogens with one attached hydrogen (secondary N) is 2. The van der Waals surface area contributed by atoms with Gasteiger partial charge in [0.1, 0.15) is 5.76 Å². The summed E-state index contributed by atoms with van der Waals surface area (Å²) in [7, 11) is 1.67. The summed E-state index contributed by atoms with van der Waals surface area (Å²) in [5, 5.41) is 14.2. The molecule has 20 heavy (non-hydrogen) atoms. The second-order valence-corrected chi connectivity index (χ2v) is 4.77. The van der Waals surface area contributed by atoms with Crippen LogP contribution in [-0.2, 0) is 11.3 Å². The molecule has 1 aromatic rings. The molecule has 0 radical (unpaired) electrons. The van der Waals surface area contributed by atoms with Crippen LogP contribution in [0.25, 0.3) is 0 Å². The topological polar surface area (TPSA) is 101 Å². The van der Waals surface area contributed by atoms with Crippen LogP contribution in [0.5, 0.6) is 0 Å². The molecule has 110 valence electrons. The number of ether oxygens (including phenoxy) is 1. The largest absolute Gasteiger partial charge is 0.475 e. The second-order valence-electron chi connectivity index (χ2n) is 4.77. The molecule has 7 heteroatoms. The zero-order valence-electron chi connectivity index (χ0n) is 11.2. The van der Waals surface area contributed by atoms with Gasteiger partial charge in [0.2, 0.25) is 5.76 Å². The third-order valence-corrected chi connectivity index (χ3v) is 3.35. The number of amides is 2. The van der Waals surface area contributed by atoms with Crippen LogP contribution < -0.4 is 10.6 Å². The Hall–Kier alpha value is -2.02. The molecule has 1 heterocycles. The Morgan fingerprint density at radius 3 is 2.85 bits per heavy atom. The summed E-state index contributed by atoms with van der Waals surface area (Å²) in [5.41, 5.74) is 0.